The van der Waals surface area contributed by atoms with Crippen molar-refractivity contribution in [3.05, 3.63) is 12.7 Å². The van der Waals surface area contributed by atoms with Gasteiger partial charge < -0.3 is 9.79 Å². The van der Waals surface area contributed by atoms with Crippen molar-refractivity contribution in [1.29, 1.82) is 0 Å². The van der Waals surface area contributed by atoms with E-state index in [0.29, 0.717) is 0 Å². The molecular weight excluding hydrogens is 185 g/mol. The molecule has 1 aromatic rings. The standard InChI is InChI=1S/C4H8N3O4P/c8-12(9,10)11-2-1-7-4-5-3-6-7/h3-4H,1-2H2,(H2,8,9,10). The maximum atomic E-state index is 10.2. The van der Waals surface area contributed by atoms with Crippen LogP contribution in [-0.2, 0) is 15.6 Å². The molecule has 0 fully saturated rings. The van der Waals surface area contributed by atoms with Crippen molar-refractivity contribution in [3.8, 4) is 0 Å². The van der Waals surface area contributed by atoms with Crippen LogP contribution in [0.2, 0.25) is 0 Å². The first-order valence-corrected chi connectivity index (χ1v) is 4.63. The number of hydrogen-bond acceptors (Lipinski definition) is 4. The lowest BCUT2D eigenvalue weighted by atomic mass is 10.7. The maximum absolute atomic E-state index is 10.2. The third-order valence-electron chi connectivity index (χ3n) is 1.05. The Morgan fingerprint density at radius 3 is 2.83 bits per heavy atom. The number of hydrogen-bond donors (Lipinski definition) is 2. The predicted molar refractivity (Wildman–Crippen MR) is 38.0 cm³/mol. The summed E-state index contributed by atoms with van der Waals surface area (Å²) in [6.45, 7) is 0.179. The van der Waals surface area contributed by atoms with E-state index in [1.165, 1.54) is 17.3 Å². The van der Waals surface area contributed by atoms with Gasteiger partial charge in [0.05, 0.1) is 13.2 Å². The first-order valence-electron chi connectivity index (χ1n) is 3.10. The molecule has 7 nitrogen and oxygen atoms in total. The van der Waals surface area contributed by atoms with E-state index in [1.807, 2.05) is 0 Å². The smallest absolute Gasteiger partial charge is 0.303 e. The van der Waals surface area contributed by atoms with Crippen LogP contribution < -0.4 is 0 Å². The fourth-order valence-corrected chi connectivity index (χ4v) is 0.921. The molecule has 0 spiro atoms. The molecule has 0 aromatic carbocycles. The Morgan fingerprint density at radius 2 is 2.33 bits per heavy atom. The SMILES string of the molecule is O=P(O)(O)OCCn1cncn1. The number of phosphoric ester groups is 1. The number of aromatic nitrogens is 3. The van der Waals surface area contributed by atoms with Gasteiger partial charge in [0.25, 0.3) is 0 Å². The van der Waals surface area contributed by atoms with Crippen LogP contribution in [0.5, 0.6) is 0 Å². The Kier molecular flexibility index (Phi) is 2.93. The van der Waals surface area contributed by atoms with Gasteiger partial charge in [0.2, 0.25) is 0 Å². The van der Waals surface area contributed by atoms with Crippen molar-refractivity contribution in [2.24, 2.45) is 0 Å². The Balaban J connectivity index is 2.24. The summed E-state index contributed by atoms with van der Waals surface area (Å²) >= 11 is 0. The fraction of sp³-hybridized carbons (Fsp3) is 0.500. The third kappa shape index (κ3) is 3.59. The molecule has 0 saturated carbocycles. The molecule has 0 bridgehead atoms. The highest BCUT2D eigenvalue weighted by atomic mass is 31.2. The Bertz CT molecular complexity index is 268. The molecule has 1 heterocycles. The van der Waals surface area contributed by atoms with Crippen molar-refractivity contribution in [2.45, 2.75) is 6.54 Å². The first kappa shape index (κ1) is 9.34. The van der Waals surface area contributed by atoms with E-state index >= 15 is 0 Å². The molecule has 0 saturated heterocycles. The van der Waals surface area contributed by atoms with Crippen molar-refractivity contribution in [2.75, 3.05) is 6.61 Å². The average Bonchev–Trinajstić information content (AvgIpc) is 2.36. The number of nitrogens with zero attached hydrogens (tertiary/aromatic N) is 3. The van der Waals surface area contributed by atoms with E-state index in [1.54, 1.807) is 0 Å². The van der Waals surface area contributed by atoms with Gasteiger partial charge in [0.1, 0.15) is 12.7 Å². The quantitative estimate of drug-likeness (QED) is 0.619. The van der Waals surface area contributed by atoms with Gasteiger partial charge in [0, 0.05) is 0 Å². The van der Waals surface area contributed by atoms with Crippen LogP contribution in [0.15, 0.2) is 12.7 Å². The first-order chi connectivity index (χ1) is 5.58. The second kappa shape index (κ2) is 3.77. The molecule has 2 N–H and O–H groups in total. The zero-order valence-corrected chi connectivity index (χ0v) is 6.96. The van der Waals surface area contributed by atoms with Crippen molar-refractivity contribution >= 4 is 7.82 Å². The second-order valence-corrected chi connectivity index (χ2v) is 3.22. The van der Waals surface area contributed by atoms with Crippen LogP contribution in [0.3, 0.4) is 0 Å². The highest BCUT2D eigenvalue weighted by Gasteiger charge is 2.12. The molecule has 0 radical (unpaired) electrons. The zero-order valence-electron chi connectivity index (χ0n) is 6.07. The van der Waals surface area contributed by atoms with Crippen molar-refractivity contribution < 1.29 is 18.9 Å². The largest absolute Gasteiger partial charge is 0.469 e. The highest BCUT2D eigenvalue weighted by molar-refractivity contribution is 7.46. The van der Waals surface area contributed by atoms with Gasteiger partial charge >= 0.3 is 7.82 Å². The van der Waals surface area contributed by atoms with Crippen LogP contribution >= 0.6 is 7.82 Å². The third-order valence-corrected chi connectivity index (χ3v) is 1.57. The average molecular weight is 193 g/mol. The van der Waals surface area contributed by atoms with Gasteiger partial charge in [-0.15, -0.1) is 0 Å². The minimum Gasteiger partial charge on any atom is -0.303 e. The van der Waals surface area contributed by atoms with Crippen LogP contribution in [0.1, 0.15) is 0 Å². The molecule has 0 atom stereocenters. The normalized spacial score (nSPS) is 11.8. The number of rotatable bonds is 4. The van der Waals surface area contributed by atoms with Crippen molar-refractivity contribution in [3.63, 3.8) is 0 Å². The van der Waals surface area contributed by atoms with E-state index in [-0.39, 0.29) is 13.2 Å². The molecule has 1 aromatic heterocycles. The molecule has 0 aliphatic rings. The van der Waals surface area contributed by atoms with E-state index in [9.17, 15) is 4.57 Å². The predicted octanol–water partition coefficient (Wildman–Crippen LogP) is -0.613. The molecule has 1 rings (SSSR count). The lowest BCUT2D eigenvalue weighted by molar-refractivity contribution is 0.188. The Morgan fingerprint density at radius 1 is 1.58 bits per heavy atom. The summed E-state index contributed by atoms with van der Waals surface area (Å²) in [5.41, 5.74) is 0. The minimum absolute atomic E-state index is 0.0896. The van der Waals surface area contributed by atoms with Gasteiger partial charge in [-0.05, 0) is 0 Å². The van der Waals surface area contributed by atoms with Gasteiger partial charge in [-0.1, -0.05) is 0 Å². The fourth-order valence-electron chi connectivity index (χ4n) is 0.601. The maximum Gasteiger partial charge on any atom is 0.469 e. The van der Waals surface area contributed by atoms with E-state index in [4.69, 9.17) is 9.79 Å². The van der Waals surface area contributed by atoms with Crippen LogP contribution in [0.25, 0.3) is 0 Å². The molecular formula is C4H8N3O4P. The molecule has 0 unspecified atom stereocenters. The summed E-state index contributed by atoms with van der Waals surface area (Å²) in [4.78, 5) is 20.2. The molecule has 0 amide bonds. The number of phosphoric acid groups is 1. The van der Waals surface area contributed by atoms with E-state index in [0.717, 1.165) is 0 Å². The van der Waals surface area contributed by atoms with Gasteiger partial charge in [-0.2, -0.15) is 5.10 Å². The lowest BCUT2D eigenvalue weighted by Gasteiger charge is -2.03. The molecule has 0 aliphatic heterocycles. The summed E-state index contributed by atoms with van der Waals surface area (Å²) in [7, 11) is -4.35. The topological polar surface area (TPSA) is 97.5 Å². The molecule has 8 heteroatoms. The zero-order chi connectivity index (χ0) is 9.03. The summed E-state index contributed by atoms with van der Waals surface area (Å²) in [5, 5.41) is 3.71. The Hall–Kier alpha value is -0.750. The summed E-state index contributed by atoms with van der Waals surface area (Å²) < 4.78 is 15.8. The van der Waals surface area contributed by atoms with Gasteiger partial charge in [0.15, 0.2) is 0 Å². The van der Waals surface area contributed by atoms with Crippen LogP contribution in [0, 0.1) is 0 Å². The molecule has 68 valence electrons. The van der Waals surface area contributed by atoms with Gasteiger partial charge in [-0.25, -0.2) is 9.55 Å². The minimum atomic E-state index is -4.35. The second-order valence-electron chi connectivity index (χ2n) is 1.98. The van der Waals surface area contributed by atoms with Crippen molar-refractivity contribution in [1.82, 2.24) is 14.8 Å². The highest BCUT2D eigenvalue weighted by Crippen LogP contribution is 2.35. The summed E-state index contributed by atoms with van der Waals surface area (Å²) in [6.07, 6.45) is 2.76. The van der Waals surface area contributed by atoms with Crippen LogP contribution in [-0.4, -0.2) is 31.2 Å². The molecule has 0 aliphatic carbocycles. The van der Waals surface area contributed by atoms with Crippen LogP contribution in [0.4, 0.5) is 0 Å². The molecule has 12 heavy (non-hydrogen) atoms. The van der Waals surface area contributed by atoms with E-state index < -0.39 is 7.82 Å². The van der Waals surface area contributed by atoms with Gasteiger partial charge in [-0.3, -0.25) is 9.21 Å². The monoisotopic (exact) mass is 193 g/mol. The summed E-state index contributed by atoms with van der Waals surface area (Å²) in [5.74, 6) is 0. The lowest BCUT2D eigenvalue weighted by Crippen LogP contribution is -2.04. The van der Waals surface area contributed by atoms with E-state index in [2.05, 4.69) is 14.6 Å². The summed E-state index contributed by atoms with van der Waals surface area (Å²) in [6, 6.07) is 0. The Labute approximate surface area is 68.2 Å².